The summed E-state index contributed by atoms with van der Waals surface area (Å²) >= 11 is 0. The van der Waals surface area contributed by atoms with E-state index in [0.29, 0.717) is 0 Å². The summed E-state index contributed by atoms with van der Waals surface area (Å²) in [6.45, 7) is 0. The molecule has 74 valence electrons. The van der Waals surface area contributed by atoms with Crippen LogP contribution < -0.4 is 5.73 Å². The van der Waals surface area contributed by atoms with Crippen molar-refractivity contribution in [3.63, 3.8) is 0 Å². The maximum absolute atomic E-state index is 13.4. The first-order chi connectivity index (χ1) is 6.68. The fourth-order valence-corrected chi connectivity index (χ4v) is 1.80. The lowest BCUT2D eigenvalue weighted by Gasteiger charge is -2.06. The van der Waals surface area contributed by atoms with Crippen molar-refractivity contribution in [2.75, 3.05) is 5.73 Å². The molecular weight excluding hydrogens is 184 g/mol. The van der Waals surface area contributed by atoms with E-state index in [2.05, 4.69) is 0 Å². The highest BCUT2D eigenvalue weighted by molar-refractivity contribution is 5.69. The number of nitrogen functional groups attached to an aromatic ring is 1. The zero-order chi connectivity index (χ0) is 10.1. The molecule has 0 unspecified atom stereocenters. The molecular formula is C11H11F2N. The molecule has 3 heteroatoms. The summed E-state index contributed by atoms with van der Waals surface area (Å²) in [5.41, 5.74) is 6.31. The monoisotopic (exact) mass is 195 g/mol. The van der Waals surface area contributed by atoms with E-state index < -0.39 is 11.6 Å². The SMILES string of the molecule is Nc1cc(F)c(C2=CCCC2)c(F)c1. The minimum absolute atomic E-state index is 0.0942. The summed E-state index contributed by atoms with van der Waals surface area (Å²) in [5.74, 6) is -1.12. The summed E-state index contributed by atoms with van der Waals surface area (Å²) in [6, 6.07) is 2.33. The maximum atomic E-state index is 13.4. The molecule has 1 aromatic carbocycles. The van der Waals surface area contributed by atoms with E-state index >= 15 is 0 Å². The molecule has 0 radical (unpaired) electrons. The van der Waals surface area contributed by atoms with Crippen LogP contribution in [0.5, 0.6) is 0 Å². The van der Waals surface area contributed by atoms with Gasteiger partial charge in [0.25, 0.3) is 0 Å². The van der Waals surface area contributed by atoms with Crippen LogP contribution in [0.3, 0.4) is 0 Å². The average Bonchev–Trinajstić information content (AvgIpc) is 2.54. The molecule has 0 saturated carbocycles. The van der Waals surface area contributed by atoms with Gasteiger partial charge in [0.2, 0.25) is 0 Å². The van der Waals surface area contributed by atoms with Crippen LogP contribution in [0, 0.1) is 11.6 Å². The van der Waals surface area contributed by atoms with Crippen molar-refractivity contribution in [2.45, 2.75) is 19.3 Å². The van der Waals surface area contributed by atoms with Gasteiger partial charge in [-0.15, -0.1) is 0 Å². The Hall–Kier alpha value is -1.38. The zero-order valence-corrected chi connectivity index (χ0v) is 7.69. The first kappa shape index (κ1) is 9.19. The van der Waals surface area contributed by atoms with Gasteiger partial charge in [0, 0.05) is 11.3 Å². The Morgan fingerprint density at radius 2 is 1.79 bits per heavy atom. The number of nitrogens with two attached hydrogens (primary N) is 1. The van der Waals surface area contributed by atoms with Crippen LogP contribution in [-0.4, -0.2) is 0 Å². The first-order valence-corrected chi connectivity index (χ1v) is 4.62. The highest BCUT2D eigenvalue weighted by Gasteiger charge is 2.16. The highest BCUT2D eigenvalue weighted by atomic mass is 19.1. The van der Waals surface area contributed by atoms with Crippen LogP contribution in [0.4, 0.5) is 14.5 Å². The van der Waals surface area contributed by atoms with Crippen molar-refractivity contribution < 1.29 is 8.78 Å². The van der Waals surface area contributed by atoms with E-state index in [9.17, 15) is 8.78 Å². The van der Waals surface area contributed by atoms with Crippen molar-refractivity contribution in [1.29, 1.82) is 0 Å². The van der Waals surface area contributed by atoms with Crippen molar-refractivity contribution in [2.24, 2.45) is 0 Å². The second-order valence-corrected chi connectivity index (χ2v) is 3.48. The third kappa shape index (κ3) is 1.50. The van der Waals surface area contributed by atoms with Crippen LogP contribution >= 0.6 is 0 Å². The Labute approximate surface area is 81.2 Å². The fourth-order valence-electron chi connectivity index (χ4n) is 1.80. The second kappa shape index (κ2) is 3.40. The number of allylic oxidation sites excluding steroid dienone is 2. The lowest BCUT2D eigenvalue weighted by Crippen LogP contribution is -1.97. The van der Waals surface area contributed by atoms with Crippen LogP contribution in [0.15, 0.2) is 18.2 Å². The number of halogens is 2. The van der Waals surface area contributed by atoms with Crippen LogP contribution in [0.25, 0.3) is 5.57 Å². The van der Waals surface area contributed by atoms with E-state index in [1.54, 1.807) is 0 Å². The van der Waals surface area contributed by atoms with Gasteiger partial charge in [-0.3, -0.25) is 0 Å². The Balaban J connectivity index is 2.52. The number of anilines is 1. The van der Waals surface area contributed by atoms with Gasteiger partial charge < -0.3 is 5.73 Å². The third-order valence-electron chi connectivity index (χ3n) is 2.43. The molecule has 2 N–H and O–H groups in total. The lowest BCUT2D eigenvalue weighted by molar-refractivity contribution is 0.577. The first-order valence-electron chi connectivity index (χ1n) is 4.62. The Morgan fingerprint density at radius 1 is 1.14 bits per heavy atom. The minimum Gasteiger partial charge on any atom is -0.399 e. The van der Waals surface area contributed by atoms with Crippen LogP contribution in [-0.2, 0) is 0 Å². The Bertz CT molecular complexity index is 373. The average molecular weight is 195 g/mol. The summed E-state index contributed by atoms with van der Waals surface area (Å²) in [4.78, 5) is 0. The van der Waals surface area contributed by atoms with Gasteiger partial charge in [-0.2, -0.15) is 0 Å². The van der Waals surface area contributed by atoms with E-state index in [1.807, 2.05) is 6.08 Å². The number of rotatable bonds is 1. The van der Waals surface area contributed by atoms with E-state index in [-0.39, 0.29) is 11.3 Å². The normalized spacial score (nSPS) is 15.7. The molecule has 0 saturated heterocycles. The summed E-state index contributed by atoms with van der Waals surface area (Å²) < 4.78 is 26.8. The van der Waals surface area contributed by atoms with E-state index in [0.717, 1.165) is 37.0 Å². The van der Waals surface area contributed by atoms with Crippen molar-refractivity contribution >= 4 is 11.3 Å². The maximum Gasteiger partial charge on any atom is 0.135 e. The third-order valence-corrected chi connectivity index (χ3v) is 2.43. The molecule has 1 nitrogen and oxygen atoms in total. The minimum atomic E-state index is -0.560. The fraction of sp³-hybridized carbons (Fsp3) is 0.273. The van der Waals surface area contributed by atoms with Gasteiger partial charge in [-0.05, 0) is 37.0 Å². The molecule has 0 fully saturated rings. The molecule has 14 heavy (non-hydrogen) atoms. The predicted molar refractivity (Wildman–Crippen MR) is 52.6 cm³/mol. The van der Waals surface area contributed by atoms with Gasteiger partial charge in [0.1, 0.15) is 11.6 Å². The molecule has 1 aliphatic carbocycles. The summed E-state index contributed by atoms with van der Waals surface area (Å²) in [5, 5.41) is 0. The molecule has 0 amide bonds. The number of benzene rings is 1. The Kier molecular flexibility index (Phi) is 2.23. The summed E-state index contributed by atoms with van der Waals surface area (Å²) in [6.07, 6.45) is 4.51. The standard InChI is InChI=1S/C11H11F2N/c12-9-5-8(14)6-10(13)11(9)7-3-1-2-4-7/h3,5-6H,1-2,4,14H2. The van der Waals surface area contributed by atoms with Gasteiger partial charge in [0.05, 0.1) is 0 Å². The Morgan fingerprint density at radius 3 is 2.29 bits per heavy atom. The van der Waals surface area contributed by atoms with Crippen molar-refractivity contribution in [1.82, 2.24) is 0 Å². The molecule has 1 aliphatic rings. The molecule has 0 aromatic heterocycles. The second-order valence-electron chi connectivity index (χ2n) is 3.48. The predicted octanol–water partition coefficient (Wildman–Crippen LogP) is 3.11. The summed E-state index contributed by atoms with van der Waals surface area (Å²) in [7, 11) is 0. The molecule has 0 atom stereocenters. The van der Waals surface area contributed by atoms with Crippen LogP contribution in [0.2, 0.25) is 0 Å². The van der Waals surface area contributed by atoms with Crippen molar-refractivity contribution in [3.8, 4) is 0 Å². The zero-order valence-electron chi connectivity index (χ0n) is 7.69. The number of hydrogen-bond donors (Lipinski definition) is 1. The van der Waals surface area contributed by atoms with Crippen LogP contribution in [0.1, 0.15) is 24.8 Å². The largest absolute Gasteiger partial charge is 0.399 e. The van der Waals surface area contributed by atoms with E-state index in [1.165, 1.54) is 0 Å². The molecule has 0 aliphatic heterocycles. The molecule has 0 spiro atoms. The van der Waals surface area contributed by atoms with Crippen molar-refractivity contribution in [3.05, 3.63) is 35.4 Å². The van der Waals surface area contributed by atoms with Gasteiger partial charge in [-0.25, -0.2) is 8.78 Å². The lowest BCUT2D eigenvalue weighted by atomic mass is 10.0. The smallest absolute Gasteiger partial charge is 0.135 e. The molecule has 0 bridgehead atoms. The highest BCUT2D eigenvalue weighted by Crippen LogP contribution is 2.32. The number of hydrogen-bond acceptors (Lipinski definition) is 1. The molecule has 0 heterocycles. The molecule has 2 rings (SSSR count). The van der Waals surface area contributed by atoms with Gasteiger partial charge in [-0.1, -0.05) is 6.08 Å². The van der Waals surface area contributed by atoms with Gasteiger partial charge in [0.15, 0.2) is 0 Å². The van der Waals surface area contributed by atoms with Gasteiger partial charge >= 0.3 is 0 Å². The molecule has 1 aromatic rings. The topological polar surface area (TPSA) is 26.0 Å². The quantitative estimate of drug-likeness (QED) is 0.684. The van der Waals surface area contributed by atoms with E-state index in [4.69, 9.17) is 5.73 Å².